The van der Waals surface area contributed by atoms with Crippen LogP contribution in [0.1, 0.15) is 290 Å². The second-order valence-electron chi connectivity index (χ2n) is 23.6. The second kappa shape index (κ2) is 59.9. The number of ether oxygens (including phenoxy) is 3. The molecule has 0 radical (unpaired) electrons. The van der Waals surface area contributed by atoms with Crippen molar-refractivity contribution < 1.29 is 49.3 Å². The molecule has 8 unspecified atom stereocenters. The molecule has 0 aromatic carbocycles. The molecule has 8 atom stereocenters. The molecule has 6 N–H and O–H groups in total. The lowest BCUT2D eigenvalue weighted by molar-refractivity contribution is -0.305. The normalized spacial score (nSPS) is 19.1. The molecule has 0 aromatic rings. The Morgan fingerprint density at radius 2 is 0.821 bits per heavy atom. The molecule has 1 amide bonds. The lowest BCUT2D eigenvalue weighted by atomic mass is 9.99. The minimum Gasteiger partial charge on any atom is -0.454 e. The number of hydrogen-bond acceptors (Lipinski definition) is 10. The monoisotopic (exact) mass is 1180 g/mol. The number of esters is 1. The maximum atomic E-state index is 13.5. The van der Waals surface area contributed by atoms with Gasteiger partial charge in [0.05, 0.1) is 25.4 Å². The van der Waals surface area contributed by atoms with E-state index in [2.05, 4.69) is 111 Å². The predicted octanol–water partition coefficient (Wildman–Crippen LogP) is 17.5. The molecule has 1 heterocycles. The van der Waals surface area contributed by atoms with Crippen LogP contribution in [-0.4, -0.2) is 99.6 Å². The Labute approximate surface area is 514 Å². The Balaban J connectivity index is 2.62. The highest BCUT2D eigenvalue weighted by molar-refractivity contribution is 5.80. The molecule has 1 fully saturated rings. The van der Waals surface area contributed by atoms with Gasteiger partial charge in [-0.05, 0) is 109 Å². The fourth-order valence-corrected chi connectivity index (χ4v) is 10.2. The van der Waals surface area contributed by atoms with Crippen LogP contribution in [-0.2, 0) is 23.8 Å². The summed E-state index contributed by atoms with van der Waals surface area (Å²) in [5.41, 5.74) is 0. The van der Waals surface area contributed by atoms with Crippen molar-refractivity contribution in [2.75, 3.05) is 13.2 Å². The Bertz CT molecular complexity index is 1740. The maximum Gasteiger partial charge on any atom is 0.306 e. The van der Waals surface area contributed by atoms with Crippen molar-refractivity contribution in [3.8, 4) is 0 Å². The Morgan fingerprint density at radius 1 is 0.464 bits per heavy atom. The number of aliphatic hydroxyl groups excluding tert-OH is 5. The van der Waals surface area contributed by atoms with Gasteiger partial charge >= 0.3 is 5.97 Å². The summed E-state index contributed by atoms with van der Waals surface area (Å²) in [7, 11) is 0. The van der Waals surface area contributed by atoms with E-state index < -0.39 is 67.4 Å². The smallest absolute Gasteiger partial charge is 0.306 e. The van der Waals surface area contributed by atoms with Crippen molar-refractivity contribution in [2.24, 2.45) is 0 Å². The van der Waals surface area contributed by atoms with Crippen LogP contribution in [0, 0.1) is 0 Å². The summed E-state index contributed by atoms with van der Waals surface area (Å²) < 4.78 is 17.6. The maximum absolute atomic E-state index is 13.5. The molecule has 11 nitrogen and oxygen atoms in total. The number of aliphatic hydroxyl groups is 5. The standard InChI is InChI=1S/C73H127NO10/c1-4-7-10-13-16-19-22-25-27-29-31-32-33-34-35-37-38-40-42-45-48-51-54-57-60-66(77)72(81)74-64(65(76)59-56-53-50-47-44-24-21-18-15-12-9-6-3)63-82-73-71(70(80)69(79)67(62-75)83-73)84-68(78)61-58-55-52-49-46-43-41-39-36-30-28-26-23-20-17-14-11-8-5-2/h16-17,19-20,25-28,31-32,36,39,43,46,56,59,64-67,69-71,73,75-77,79-80H,4-15,18,21-24,29-30,33-35,37-38,40-42,44-45,47-55,57-58,60-63H2,1-3H3,(H,74,81)/b19-16-,20-17-,27-25-,28-26-,32-31-,39-36-,46-43-,59-56+. The van der Waals surface area contributed by atoms with Gasteiger partial charge in [0.1, 0.15) is 24.4 Å². The van der Waals surface area contributed by atoms with Gasteiger partial charge in [-0.1, -0.05) is 272 Å². The van der Waals surface area contributed by atoms with E-state index in [1.165, 1.54) is 148 Å². The van der Waals surface area contributed by atoms with E-state index >= 15 is 0 Å². The zero-order valence-corrected chi connectivity index (χ0v) is 53.7. The van der Waals surface area contributed by atoms with Crippen molar-refractivity contribution >= 4 is 11.9 Å². The summed E-state index contributed by atoms with van der Waals surface area (Å²) in [6.07, 6.45) is 70.1. The van der Waals surface area contributed by atoms with E-state index in [0.29, 0.717) is 12.8 Å². The van der Waals surface area contributed by atoms with Crippen LogP contribution in [0.2, 0.25) is 0 Å². The Hall–Kier alpha value is -3.42. The van der Waals surface area contributed by atoms with Crippen LogP contribution in [0.3, 0.4) is 0 Å². The summed E-state index contributed by atoms with van der Waals surface area (Å²) in [4.78, 5) is 26.6. The molecular formula is C73H127NO10. The number of amides is 1. The number of allylic oxidation sites excluding steroid dienone is 15. The average molecular weight is 1180 g/mol. The van der Waals surface area contributed by atoms with Crippen molar-refractivity contribution in [3.05, 3.63) is 97.2 Å². The zero-order chi connectivity index (χ0) is 61.0. The number of hydrogen-bond donors (Lipinski definition) is 6. The fraction of sp³-hybridized carbons (Fsp3) is 0.753. The summed E-state index contributed by atoms with van der Waals surface area (Å²) in [5, 5.41) is 57.2. The molecule has 0 bridgehead atoms. The Morgan fingerprint density at radius 3 is 1.25 bits per heavy atom. The third-order valence-corrected chi connectivity index (χ3v) is 15.7. The first kappa shape index (κ1) is 78.6. The zero-order valence-electron chi connectivity index (χ0n) is 53.7. The molecule has 1 saturated heterocycles. The van der Waals surface area contributed by atoms with Crippen LogP contribution >= 0.6 is 0 Å². The molecule has 84 heavy (non-hydrogen) atoms. The molecule has 1 aliphatic heterocycles. The SMILES string of the molecule is CCCCC/C=C\C/C=C\C/C=C\C/C=C\CCCCCC(=O)OC1C(OCC(NC(=O)C(O)CCCCCCCCCCCCC/C=C\C/C=C\C/C=C\CCCCC)C(O)/C=C/CCCCCCCCCCCC)OC(CO)C(O)C1O. The second-order valence-corrected chi connectivity index (χ2v) is 23.6. The quantitative estimate of drug-likeness (QED) is 0.0195. The van der Waals surface area contributed by atoms with Gasteiger partial charge in [0.2, 0.25) is 5.91 Å². The van der Waals surface area contributed by atoms with Crippen molar-refractivity contribution in [2.45, 2.75) is 339 Å². The van der Waals surface area contributed by atoms with Gasteiger partial charge in [-0.25, -0.2) is 0 Å². The number of carbonyl (C=O) groups is 2. The van der Waals surface area contributed by atoms with E-state index in [1.807, 2.05) is 6.08 Å². The van der Waals surface area contributed by atoms with E-state index in [-0.39, 0.29) is 19.4 Å². The minimum absolute atomic E-state index is 0.0824. The van der Waals surface area contributed by atoms with Crippen molar-refractivity contribution in [1.82, 2.24) is 5.32 Å². The molecular weight excluding hydrogens is 1050 g/mol. The van der Waals surface area contributed by atoms with Gasteiger partial charge in [-0.15, -0.1) is 0 Å². The lowest BCUT2D eigenvalue weighted by Gasteiger charge is -2.41. The van der Waals surface area contributed by atoms with Crippen LogP contribution in [0.25, 0.3) is 0 Å². The highest BCUT2D eigenvalue weighted by atomic mass is 16.7. The molecule has 484 valence electrons. The number of carbonyl (C=O) groups excluding carboxylic acids is 2. The molecule has 0 saturated carbocycles. The topological polar surface area (TPSA) is 175 Å². The summed E-state index contributed by atoms with van der Waals surface area (Å²) in [5.74, 6) is -1.23. The predicted molar refractivity (Wildman–Crippen MR) is 352 cm³/mol. The number of unbranched alkanes of at least 4 members (excludes halogenated alkanes) is 30. The van der Waals surface area contributed by atoms with Gasteiger partial charge in [0, 0.05) is 6.42 Å². The third-order valence-electron chi connectivity index (χ3n) is 15.7. The molecule has 1 rings (SSSR count). The van der Waals surface area contributed by atoms with Gasteiger partial charge in [0.25, 0.3) is 0 Å². The van der Waals surface area contributed by atoms with Crippen LogP contribution in [0.4, 0.5) is 0 Å². The Kier molecular flexibility index (Phi) is 56.0. The fourth-order valence-electron chi connectivity index (χ4n) is 10.2. The lowest BCUT2D eigenvalue weighted by Crippen LogP contribution is -2.61. The third kappa shape index (κ3) is 46.8. The molecule has 11 heteroatoms. The molecule has 0 aliphatic carbocycles. The van der Waals surface area contributed by atoms with E-state index in [9.17, 15) is 35.1 Å². The van der Waals surface area contributed by atoms with Gasteiger partial charge < -0.3 is 45.1 Å². The highest BCUT2D eigenvalue weighted by Crippen LogP contribution is 2.26. The van der Waals surface area contributed by atoms with Gasteiger partial charge in [0.15, 0.2) is 12.4 Å². The molecule has 0 aromatic heterocycles. The molecule has 1 aliphatic rings. The summed E-state index contributed by atoms with van der Waals surface area (Å²) in [6.45, 7) is 5.73. The van der Waals surface area contributed by atoms with Crippen LogP contribution in [0.15, 0.2) is 97.2 Å². The van der Waals surface area contributed by atoms with Gasteiger partial charge in [-0.3, -0.25) is 9.59 Å². The van der Waals surface area contributed by atoms with Crippen LogP contribution in [0.5, 0.6) is 0 Å². The summed E-state index contributed by atoms with van der Waals surface area (Å²) >= 11 is 0. The van der Waals surface area contributed by atoms with E-state index in [4.69, 9.17) is 14.2 Å². The highest BCUT2D eigenvalue weighted by Gasteiger charge is 2.47. The largest absolute Gasteiger partial charge is 0.454 e. The number of rotatable bonds is 58. The first-order valence-corrected chi connectivity index (χ1v) is 34.5. The summed E-state index contributed by atoms with van der Waals surface area (Å²) in [6, 6.07) is -1.04. The van der Waals surface area contributed by atoms with Crippen LogP contribution < -0.4 is 5.32 Å². The number of nitrogens with one attached hydrogen (secondary N) is 1. The minimum atomic E-state index is -1.63. The average Bonchev–Trinajstić information content (AvgIpc) is 3.69. The van der Waals surface area contributed by atoms with Crippen molar-refractivity contribution in [3.63, 3.8) is 0 Å². The van der Waals surface area contributed by atoms with Crippen molar-refractivity contribution in [1.29, 1.82) is 0 Å². The van der Waals surface area contributed by atoms with E-state index in [1.54, 1.807) is 6.08 Å². The van der Waals surface area contributed by atoms with Gasteiger partial charge in [-0.2, -0.15) is 0 Å². The first-order valence-electron chi connectivity index (χ1n) is 34.5. The van der Waals surface area contributed by atoms with E-state index in [0.717, 1.165) is 96.3 Å². The molecule has 0 spiro atoms. The first-order chi connectivity index (χ1) is 41.2.